The lowest BCUT2D eigenvalue weighted by Crippen LogP contribution is -2.20. The van der Waals surface area contributed by atoms with Gasteiger partial charge in [0.05, 0.1) is 7.11 Å². The quantitative estimate of drug-likeness (QED) is 0.761. The van der Waals surface area contributed by atoms with Crippen LogP contribution >= 0.6 is 15.9 Å². The van der Waals surface area contributed by atoms with Crippen LogP contribution in [0.1, 0.15) is 11.6 Å². The van der Waals surface area contributed by atoms with E-state index in [4.69, 9.17) is 16.2 Å². The fourth-order valence-electron chi connectivity index (χ4n) is 1.16. The molecule has 1 atom stereocenters. The largest absolute Gasteiger partial charge is 0.504 e. The van der Waals surface area contributed by atoms with Gasteiger partial charge in [0, 0.05) is 22.6 Å². The monoisotopic (exact) mass is 260 g/mol. The van der Waals surface area contributed by atoms with Crippen LogP contribution in [0, 0.1) is 0 Å². The first kappa shape index (κ1) is 11.3. The van der Waals surface area contributed by atoms with Crippen LogP contribution in [-0.4, -0.2) is 18.8 Å². The van der Waals surface area contributed by atoms with E-state index in [1.165, 1.54) is 7.11 Å². The van der Waals surface area contributed by atoms with Crippen LogP contribution in [0.3, 0.4) is 0 Å². The minimum absolute atomic E-state index is 0.0497. The Balaban J connectivity index is 3.21. The van der Waals surface area contributed by atoms with E-state index >= 15 is 0 Å². The van der Waals surface area contributed by atoms with E-state index < -0.39 is 0 Å². The number of phenols is 1. The molecule has 0 aliphatic rings. The van der Waals surface area contributed by atoms with Gasteiger partial charge in [-0.05, 0) is 12.1 Å². The second-order valence-electron chi connectivity index (χ2n) is 2.89. The van der Waals surface area contributed by atoms with Crippen molar-refractivity contribution >= 4 is 15.9 Å². The van der Waals surface area contributed by atoms with Gasteiger partial charge >= 0.3 is 0 Å². The fourth-order valence-corrected chi connectivity index (χ4v) is 1.61. The lowest BCUT2D eigenvalue weighted by Gasteiger charge is -2.14. The van der Waals surface area contributed by atoms with Gasteiger partial charge < -0.3 is 21.3 Å². The molecule has 0 heterocycles. The van der Waals surface area contributed by atoms with Gasteiger partial charge in [0.1, 0.15) is 0 Å². The van der Waals surface area contributed by atoms with Gasteiger partial charge in [-0.2, -0.15) is 0 Å². The number of benzene rings is 1. The molecule has 0 fully saturated rings. The third-order valence-electron chi connectivity index (χ3n) is 1.94. The summed E-state index contributed by atoms with van der Waals surface area (Å²) in [7, 11) is 1.49. The summed E-state index contributed by atoms with van der Waals surface area (Å²) in [6.45, 7) is 0.271. The third kappa shape index (κ3) is 2.17. The first-order valence-corrected chi connectivity index (χ1v) is 4.91. The topological polar surface area (TPSA) is 81.5 Å². The van der Waals surface area contributed by atoms with E-state index in [2.05, 4.69) is 15.9 Å². The van der Waals surface area contributed by atoms with Crippen molar-refractivity contribution in [3.63, 3.8) is 0 Å². The Morgan fingerprint density at radius 2 is 2.21 bits per heavy atom. The normalized spacial score (nSPS) is 12.6. The van der Waals surface area contributed by atoms with Gasteiger partial charge in [-0.3, -0.25) is 0 Å². The molecule has 5 heteroatoms. The molecule has 0 bridgehead atoms. The Hall–Kier alpha value is -0.780. The molecule has 0 spiro atoms. The standard InChI is InChI=1S/C9H13BrN2O2/c1-14-8-3-5(10)2-6(9(8)13)7(12)4-11/h2-3,7,13H,4,11-12H2,1H3/t7-/m1/s1. The molecule has 0 amide bonds. The van der Waals surface area contributed by atoms with Crippen molar-refractivity contribution in [3.8, 4) is 11.5 Å². The summed E-state index contributed by atoms with van der Waals surface area (Å²) in [5.74, 6) is 0.437. The maximum absolute atomic E-state index is 9.73. The highest BCUT2D eigenvalue weighted by Gasteiger charge is 2.14. The van der Waals surface area contributed by atoms with Crippen molar-refractivity contribution in [3.05, 3.63) is 22.2 Å². The van der Waals surface area contributed by atoms with Gasteiger partial charge in [-0.15, -0.1) is 0 Å². The molecule has 1 rings (SSSR count). The van der Waals surface area contributed by atoms with Gasteiger partial charge in [-0.1, -0.05) is 15.9 Å². The lowest BCUT2D eigenvalue weighted by molar-refractivity contribution is 0.368. The van der Waals surface area contributed by atoms with Crippen molar-refractivity contribution in [1.29, 1.82) is 0 Å². The molecular weight excluding hydrogens is 248 g/mol. The number of rotatable bonds is 3. The fraction of sp³-hybridized carbons (Fsp3) is 0.333. The van der Waals surface area contributed by atoms with E-state index in [9.17, 15) is 5.11 Å². The van der Waals surface area contributed by atoms with E-state index in [1.54, 1.807) is 12.1 Å². The summed E-state index contributed by atoms with van der Waals surface area (Å²) in [4.78, 5) is 0. The summed E-state index contributed by atoms with van der Waals surface area (Å²) in [5, 5.41) is 9.73. The maximum Gasteiger partial charge on any atom is 0.162 e. The minimum Gasteiger partial charge on any atom is -0.504 e. The number of nitrogens with two attached hydrogens (primary N) is 2. The molecule has 0 aliphatic carbocycles. The van der Waals surface area contributed by atoms with Gasteiger partial charge in [0.15, 0.2) is 11.5 Å². The summed E-state index contributed by atoms with van der Waals surface area (Å²) in [6.07, 6.45) is 0. The molecule has 78 valence electrons. The Kier molecular flexibility index (Phi) is 3.74. The highest BCUT2D eigenvalue weighted by molar-refractivity contribution is 9.10. The Bertz CT molecular complexity index is 331. The molecule has 0 unspecified atom stereocenters. The lowest BCUT2D eigenvalue weighted by atomic mass is 10.1. The van der Waals surface area contributed by atoms with E-state index in [0.717, 1.165) is 4.47 Å². The number of halogens is 1. The van der Waals surface area contributed by atoms with Crippen molar-refractivity contribution in [2.45, 2.75) is 6.04 Å². The molecule has 14 heavy (non-hydrogen) atoms. The third-order valence-corrected chi connectivity index (χ3v) is 2.40. The van der Waals surface area contributed by atoms with E-state index in [0.29, 0.717) is 11.3 Å². The Labute approximate surface area is 91.0 Å². The highest BCUT2D eigenvalue weighted by atomic mass is 79.9. The minimum atomic E-state index is -0.388. The van der Waals surface area contributed by atoms with Crippen molar-refractivity contribution in [1.82, 2.24) is 0 Å². The molecule has 4 nitrogen and oxygen atoms in total. The number of ether oxygens (including phenoxy) is 1. The first-order chi connectivity index (χ1) is 6.60. The summed E-state index contributed by atoms with van der Waals surface area (Å²) < 4.78 is 5.78. The van der Waals surface area contributed by atoms with E-state index in [1.807, 2.05) is 0 Å². The zero-order chi connectivity index (χ0) is 10.7. The number of methoxy groups -OCH3 is 1. The number of hydrogen-bond acceptors (Lipinski definition) is 4. The summed E-state index contributed by atoms with van der Waals surface area (Å²) in [5.41, 5.74) is 11.7. The molecule has 5 N–H and O–H groups in total. The van der Waals surface area contributed by atoms with Gasteiger partial charge in [0.25, 0.3) is 0 Å². The maximum atomic E-state index is 9.73. The second kappa shape index (κ2) is 4.63. The molecule has 0 saturated heterocycles. The zero-order valence-electron chi connectivity index (χ0n) is 7.83. The highest BCUT2D eigenvalue weighted by Crippen LogP contribution is 2.35. The SMILES string of the molecule is COc1cc(Br)cc([C@H](N)CN)c1O. The van der Waals surface area contributed by atoms with E-state index in [-0.39, 0.29) is 18.3 Å². The molecular formula is C9H13BrN2O2. The van der Waals surface area contributed by atoms with Crippen LogP contribution in [0.4, 0.5) is 0 Å². The first-order valence-electron chi connectivity index (χ1n) is 4.12. The van der Waals surface area contributed by atoms with Crippen molar-refractivity contribution in [2.24, 2.45) is 11.5 Å². The predicted octanol–water partition coefficient (Wildman–Crippen LogP) is 1.12. The van der Waals surface area contributed by atoms with Crippen LogP contribution < -0.4 is 16.2 Å². The molecule has 1 aromatic rings. The van der Waals surface area contributed by atoms with Gasteiger partial charge in [-0.25, -0.2) is 0 Å². The predicted molar refractivity (Wildman–Crippen MR) is 58.3 cm³/mol. The number of aromatic hydroxyl groups is 1. The van der Waals surface area contributed by atoms with Crippen LogP contribution in [-0.2, 0) is 0 Å². The molecule has 1 aromatic carbocycles. The average molecular weight is 261 g/mol. The zero-order valence-corrected chi connectivity index (χ0v) is 9.41. The number of phenolic OH excluding ortho intramolecular Hbond substituents is 1. The van der Waals surface area contributed by atoms with Crippen LogP contribution in [0.15, 0.2) is 16.6 Å². The molecule has 0 aromatic heterocycles. The number of hydrogen-bond donors (Lipinski definition) is 3. The van der Waals surface area contributed by atoms with Crippen molar-refractivity contribution < 1.29 is 9.84 Å². The smallest absolute Gasteiger partial charge is 0.162 e. The Morgan fingerprint density at radius 3 is 2.71 bits per heavy atom. The van der Waals surface area contributed by atoms with Crippen LogP contribution in [0.5, 0.6) is 11.5 Å². The van der Waals surface area contributed by atoms with Crippen molar-refractivity contribution in [2.75, 3.05) is 13.7 Å². The van der Waals surface area contributed by atoms with Crippen LogP contribution in [0.2, 0.25) is 0 Å². The Morgan fingerprint density at radius 1 is 1.57 bits per heavy atom. The molecule has 0 radical (unpaired) electrons. The summed E-state index contributed by atoms with van der Waals surface area (Å²) in [6, 6.07) is 3.01. The molecule has 0 aliphatic heterocycles. The van der Waals surface area contributed by atoms with Gasteiger partial charge in [0.2, 0.25) is 0 Å². The summed E-state index contributed by atoms with van der Waals surface area (Å²) >= 11 is 3.30. The molecule has 0 saturated carbocycles. The van der Waals surface area contributed by atoms with Crippen LogP contribution in [0.25, 0.3) is 0 Å². The second-order valence-corrected chi connectivity index (χ2v) is 3.80. The average Bonchev–Trinajstić information content (AvgIpc) is 2.19.